The van der Waals surface area contributed by atoms with E-state index >= 15 is 0 Å². The Morgan fingerprint density at radius 3 is 2.23 bits per heavy atom. The Morgan fingerprint density at radius 1 is 0.955 bits per heavy atom. The van der Waals surface area contributed by atoms with Crippen LogP contribution in [0.2, 0.25) is 0 Å². The zero-order chi connectivity index (χ0) is 15.7. The summed E-state index contributed by atoms with van der Waals surface area (Å²) in [7, 11) is 0. The summed E-state index contributed by atoms with van der Waals surface area (Å²) in [5, 5.41) is 0. The predicted molar refractivity (Wildman–Crippen MR) is 77.9 cm³/mol. The molecule has 110 valence electrons. The van der Waals surface area contributed by atoms with Crippen LogP contribution in [-0.2, 0) is 9.59 Å². The highest BCUT2D eigenvalue weighted by Gasteiger charge is 2.34. The molecule has 2 amide bonds. The Kier molecular flexibility index (Phi) is 3.55. The molecule has 0 bridgehead atoms. The Balaban J connectivity index is 1.95. The number of halogens is 2. The van der Waals surface area contributed by atoms with Crippen molar-refractivity contribution < 1.29 is 18.4 Å². The normalized spacial score (nSPS) is 16.6. The Hall–Kier alpha value is -2.82. The molecule has 0 atom stereocenters. The predicted octanol–water partition coefficient (Wildman–Crippen LogP) is 3.31. The van der Waals surface area contributed by atoms with E-state index in [9.17, 15) is 18.4 Å². The third-order valence-electron chi connectivity index (χ3n) is 3.31. The highest BCUT2D eigenvalue weighted by molar-refractivity contribution is 6.29. The van der Waals surface area contributed by atoms with Gasteiger partial charge in [0.15, 0.2) is 0 Å². The molecular weight excluding hydrogens is 288 g/mol. The van der Waals surface area contributed by atoms with Crippen molar-refractivity contribution in [3.8, 4) is 0 Å². The zero-order valence-electron chi connectivity index (χ0n) is 11.4. The average Bonchev–Trinajstić information content (AvgIpc) is 2.73. The van der Waals surface area contributed by atoms with Gasteiger partial charge in [-0.05, 0) is 35.9 Å². The van der Waals surface area contributed by atoms with E-state index in [-0.39, 0.29) is 23.5 Å². The first kappa shape index (κ1) is 14.1. The van der Waals surface area contributed by atoms with Crippen LogP contribution in [0.25, 0.3) is 6.08 Å². The van der Waals surface area contributed by atoms with Crippen LogP contribution in [0.4, 0.5) is 14.5 Å². The summed E-state index contributed by atoms with van der Waals surface area (Å²) in [6, 6.07) is 11.5. The fraction of sp³-hybridized carbons (Fsp3) is 0.0588. The lowest BCUT2D eigenvalue weighted by Gasteiger charge is -2.12. The van der Waals surface area contributed by atoms with E-state index in [2.05, 4.69) is 0 Å². The van der Waals surface area contributed by atoms with Crippen molar-refractivity contribution in [1.82, 2.24) is 0 Å². The first-order chi connectivity index (χ1) is 10.5. The number of nitrogens with zero attached hydrogens (tertiary/aromatic N) is 1. The molecule has 0 N–H and O–H groups in total. The van der Waals surface area contributed by atoms with E-state index in [0.29, 0.717) is 5.69 Å². The van der Waals surface area contributed by atoms with Crippen molar-refractivity contribution in [3.63, 3.8) is 0 Å². The number of amides is 2. The molecule has 1 aliphatic heterocycles. The van der Waals surface area contributed by atoms with Crippen LogP contribution in [0, 0.1) is 11.6 Å². The summed E-state index contributed by atoms with van der Waals surface area (Å²) in [5.74, 6) is -2.30. The van der Waals surface area contributed by atoms with Crippen LogP contribution in [0.3, 0.4) is 0 Å². The first-order valence-corrected chi connectivity index (χ1v) is 6.63. The van der Waals surface area contributed by atoms with Crippen molar-refractivity contribution in [1.29, 1.82) is 0 Å². The van der Waals surface area contributed by atoms with Crippen molar-refractivity contribution in [2.75, 3.05) is 4.90 Å². The van der Waals surface area contributed by atoms with E-state index < -0.39 is 17.5 Å². The molecule has 1 fully saturated rings. The van der Waals surface area contributed by atoms with Crippen LogP contribution < -0.4 is 4.90 Å². The molecule has 2 aromatic carbocycles. The van der Waals surface area contributed by atoms with Crippen LogP contribution in [0.5, 0.6) is 0 Å². The quantitative estimate of drug-likeness (QED) is 0.630. The van der Waals surface area contributed by atoms with Crippen molar-refractivity contribution in [2.24, 2.45) is 0 Å². The van der Waals surface area contributed by atoms with Crippen LogP contribution in [0.1, 0.15) is 12.0 Å². The molecule has 1 heterocycles. The smallest absolute Gasteiger partial charge is 0.261 e. The molecule has 0 spiro atoms. The highest BCUT2D eigenvalue weighted by atomic mass is 19.1. The average molecular weight is 299 g/mol. The Labute approximate surface area is 125 Å². The molecule has 0 aromatic heterocycles. The van der Waals surface area contributed by atoms with Crippen molar-refractivity contribution in [3.05, 3.63) is 71.3 Å². The number of benzene rings is 2. The molecule has 3 nitrogen and oxygen atoms in total. The Morgan fingerprint density at radius 2 is 1.59 bits per heavy atom. The molecule has 2 aromatic rings. The largest absolute Gasteiger partial charge is 0.274 e. The number of hydrogen-bond donors (Lipinski definition) is 0. The van der Waals surface area contributed by atoms with Gasteiger partial charge in [0.1, 0.15) is 11.6 Å². The van der Waals surface area contributed by atoms with Crippen LogP contribution in [-0.4, -0.2) is 11.8 Å². The number of hydrogen-bond acceptors (Lipinski definition) is 2. The van der Waals surface area contributed by atoms with Gasteiger partial charge in [0.05, 0.1) is 12.1 Å². The second kappa shape index (κ2) is 5.52. The van der Waals surface area contributed by atoms with Gasteiger partial charge in [-0.15, -0.1) is 0 Å². The van der Waals surface area contributed by atoms with Gasteiger partial charge < -0.3 is 0 Å². The van der Waals surface area contributed by atoms with Gasteiger partial charge in [-0.1, -0.05) is 18.2 Å². The summed E-state index contributed by atoms with van der Waals surface area (Å²) < 4.78 is 26.4. The molecule has 0 unspecified atom stereocenters. The first-order valence-electron chi connectivity index (χ1n) is 6.63. The molecular formula is C17H11F2NO2. The summed E-state index contributed by atoms with van der Waals surface area (Å²) in [6.07, 6.45) is 1.25. The molecule has 0 saturated carbocycles. The van der Waals surface area contributed by atoms with Crippen molar-refractivity contribution >= 4 is 23.6 Å². The molecule has 1 saturated heterocycles. The van der Waals surface area contributed by atoms with Gasteiger partial charge in [0.2, 0.25) is 5.91 Å². The second-order valence-electron chi connectivity index (χ2n) is 4.92. The summed E-state index contributed by atoms with van der Waals surface area (Å²) in [6.45, 7) is 0. The number of anilines is 1. The maximum atomic E-state index is 13.2. The third-order valence-corrected chi connectivity index (χ3v) is 3.31. The van der Waals surface area contributed by atoms with Gasteiger partial charge in [-0.2, -0.15) is 0 Å². The van der Waals surface area contributed by atoms with E-state index in [4.69, 9.17) is 0 Å². The minimum absolute atomic E-state index is 0.0914. The molecule has 5 heteroatoms. The van der Waals surface area contributed by atoms with Gasteiger partial charge in [0, 0.05) is 11.6 Å². The summed E-state index contributed by atoms with van der Waals surface area (Å²) in [4.78, 5) is 25.4. The lowest BCUT2D eigenvalue weighted by Crippen LogP contribution is -2.28. The maximum Gasteiger partial charge on any atom is 0.261 e. The zero-order valence-corrected chi connectivity index (χ0v) is 11.4. The van der Waals surface area contributed by atoms with Gasteiger partial charge in [0.25, 0.3) is 5.91 Å². The topological polar surface area (TPSA) is 37.4 Å². The van der Waals surface area contributed by atoms with Crippen LogP contribution >= 0.6 is 0 Å². The van der Waals surface area contributed by atoms with Gasteiger partial charge in [-0.25, -0.2) is 13.7 Å². The number of para-hydroxylation sites is 1. The standard InChI is InChI=1S/C17H11F2NO2/c18-13-7-11(8-14(19)10-13)6-12-9-16(21)20(17(12)22)15-4-2-1-3-5-15/h1-8,10H,9H2/b12-6+. The highest BCUT2D eigenvalue weighted by Crippen LogP contribution is 2.27. The number of rotatable bonds is 2. The molecule has 3 rings (SSSR count). The monoisotopic (exact) mass is 299 g/mol. The van der Waals surface area contributed by atoms with E-state index in [1.807, 2.05) is 0 Å². The summed E-state index contributed by atoms with van der Waals surface area (Å²) in [5.41, 5.74) is 0.897. The van der Waals surface area contributed by atoms with E-state index in [1.54, 1.807) is 30.3 Å². The van der Waals surface area contributed by atoms with E-state index in [1.165, 1.54) is 6.08 Å². The molecule has 1 aliphatic rings. The number of carbonyl (C=O) groups excluding carboxylic acids is 2. The van der Waals surface area contributed by atoms with Gasteiger partial charge >= 0.3 is 0 Å². The minimum Gasteiger partial charge on any atom is -0.274 e. The SMILES string of the molecule is O=C1C/C(=C\c2cc(F)cc(F)c2)C(=O)N1c1ccccc1. The molecule has 0 radical (unpaired) electrons. The second-order valence-corrected chi connectivity index (χ2v) is 4.92. The Bertz CT molecular complexity index is 764. The molecule has 22 heavy (non-hydrogen) atoms. The molecule has 0 aliphatic carbocycles. The van der Waals surface area contributed by atoms with Crippen molar-refractivity contribution in [2.45, 2.75) is 6.42 Å². The lowest BCUT2D eigenvalue weighted by molar-refractivity contribution is -0.120. The van der Waals surface area contributed by atoms with Gasteiger partial charge in [-0.3, -0.25) is 9.59 Å². The number of imide groups is 1. The lowest BCUT2D eigenvalue weighted by atomic mass is 10.1. The number of carbonyl (C=O) groups is 2. The van der Waals surface area contributed by atoms with Crippen LogP contribution in [0.15, 0.2) is 54.1 Å². The fourth-order valence-electron chi connectivity index (χ4n) is 2.39. The third kappa shape index (κ3) is 2.65. The maximum absolute atomic E-state index is 13.2. The summed E-state index contributed by atoms with van der Waals surface area (Å²) >= 11 is 0. The minimum atomic E-state index is -0.733. The fourth-order valence-corrected chi connectivity index (χ4v) is 2.39. The van der Waals surface area contributed by atoms with E-state index in [0.717, 1.165) is 23.1 Å².